The van der Waals surface area contributed by atoms with Crippen molar-refractivity contribution in [3.63, 3.8) is 0 Å². The summed E-state index contributed by atoms with van der Waals surface area (Å²) in [4.78, 5) is 15.9. The molecule has 3 nitrogen and oxygen atoms in total. The van der Waals surface area contributed by atoms with E-state index in [4.69, 9.17) is 4.74 Å². The van der Waals surface area contributed by atoms with Gasteiger partial charge in [0.05, 0.1) is 23.7 Å². The van der Waals surface area contributed by atoms with E-state index < -0.39 is 0 Å². The number of nitrogens with zero attached hydrogens (tertiary/aromatic N) is 1. The summed E-state index contributed by atoms with van der Waals surface area (Å²) in [6, 6.07) is 0. The second-order valence-electron chi connectivity index (χ2n) is 4.80. The smallest absolute Gasteiger partial charge is 0.308 e. The molecule has 17 heavy (non-hydrogen) atoms. The molecular weight excluding hydrogens is 234 g/mol. The minimum Gasteiger partial charge on any atom is -0.469 e. The van der Waals surface area contributed by atoms with Gasteiger partial charge in [-0.3, -0.25) is 4.79 Å². The number of carbonyl (C=O) groups is 1. The summed E-state index contributed by atoms with van der Waals surface area (Å²) < 4.78 is 4.80. The first-order valence-corrected chi connectivity index (χ1v) is 7.06. The molecule has 0 atom stereocenters. The largest absolute Gasteiger partial charge is 0.469 e. The number of hydrogen-bond acceptors (Lipinski definition) is 4. The normalized spacial score (nSPS) is 24.6. The summed E-state index contributed by atoms with van der Waals surface area (Å²) in [5, 5.41) is 3.30. The molecule has 0 unspecified atom stereocenters. The lowest BCUT2D eigenvalue weighted by atomic mass is 9.80. The fourth-order valence-corrected chi connectivity index (χ4v) is 3.19. The molecule has 0 saturated heterocycles. The Kier molecular flexibility index (Phi) is 4.15. The molecule has 1 aromatic rings. The van der Waals surface area contributed by atoms with E-state index in [2.05, 4.69) is 10.4 Å². The number of ether oxygens (including phenoxy) is 1. The van der Waals surface area contributed by atoms with Gasteiger partial charge in [-0.25, -0.2) is 4.98 Å². The molecule has 0 aromatic carbocycles. The van der Waals surface area contributed by atoms with E-state index in [1.54, 1.807) is 11.3 Å². The highest BCUT2D eigenvalue weighted by Crippen LogP contribution is 2.31. The lowest BCUT2D eigenvalue weighted by Gasteiger charge is -2.26. The van der Waals surface area contributed by atoms with Gasteiger partial charge < -0.3 is 4.74 Å². The molecule has 0 spiro atoms. The van der Waals surface area contributed by atoms with Crippen molar-refractivity contribution in [2.75, 3.05) is 7.11 Å². The highest BCUT2D eigenvalue weighted by Gasteiger charge is 2.27. The molecule has 1 aromatic heterocycles. The van der Waals surface area contributed by atoms with Crippen molar-refractivity contribution in [3.05, 3.63) is 16.1 Å². The lowest BCUT2D eigenvalue weighted by molar-refractivity contribution is -0.146. The fraction of sp³-hybridized carbons (Fsp3) is 0.692. The summed E-state index contributed by atoms with van der Waals surface area (Å²) in [5.41, 5.74) is 1.22. The Morgan fingerprint density at radius 3 is 2.71 bits per heavy atom. The van der Waals surface area contributed by atoms with Crippen LogP contribution in [0, 0.1) is 18.8 Å². The number of aryl methyl sites for hydroxylation is 1. The second kappa shape index (κ2) is 5.63. The molecule has 1 fully saturated rings. The molecule has 1 aliphatic rings. The van der Waals surface area contributed by atoms with Gasteiger partial charge >= 0.3 is 5.97 Å². The number of carbonyl (C=O) groups excluding carboxylic acids is 1. The maximum Gasteiger partial charge on any atom is 0.308 e. The van der Waals surface area contributed by atoms with Crippen molar-refractivity contribution in [2.45, 2.75) is 39.0 Å². The summed E-state index contributed by atoms with van der Waals surface area (Å²) in [7, 11) is 1.48. The first-order chi connectivity index (χ1) is 8.19. The average molecular weight is 253 g/mol. The van der Waals surface area contributed by atoms with Crippen LogP contribution in [0.2, 0.25) is 0 Å². The minimum absolute atomic E-state index is 0.0343. The van der Waals surface area contributed by atoms with Crippen LogP contribution in [-0.2, 0) is 16.0 Å². The van der Waals surface area contributed by atoms with Crippen LogP contribution >= 0.6 is 11.3 Å². The van der Waals surface area contributed by atoms with Crippen molar-refractivity contribution in [3.8, 4) is 0 Å². The van der Waals surface area contributed by atoms with E-state index in [1.165, 1.54) is 12.8 Å². The van der Waals surface area contributed by atoms with Crippen LogP contribution in [0.4, 0.5) is 0 Å². The van der Waals surface area contributed by atoms with Crippen molar-refractivity contribution in [2.24, 2.45) is 11.8 Å². The molecule has 94 valence electrons. The lowest BCUT2D eigenvalue weighted by Crippen LogP contribution is -2.23. The summed E-state index contributed by atoms with van der Waals surface area (Å²) in [6.45, 7) is 2.04. The average Bonchev–Trinajstić information content (AvgIpc) is 2.75. The molecule has 0 N–H and O–H groups in total. The molecule has 0 aliphatic heterocycles. The zero-order valence-electron chi connectivity index (χ0n) is 10.4. The molecular formula is C13H19NO2S. The van der Waals surface area contributed by atoms with Gasteiger partial charge in [-0.2, -0.15) is 0 Å². The maximum atomic E-state index is 11.4. The van der Waals surface area contributed by atoms with Gasteiger partial charge in [0, 0.05) is 5.38 Å². The Bertz CT molecular complexity index is 381. The molecule has 1 saturated carbocycles. The van der Waals surface area contributed by atoms with Crippen LogP contribution in [0.15, 0.2) is 5.38 Å². The third kappa shape index (κ3) is 3.28. The zero-order valence-corrected chi connectivity index (χ0v) is 11.3. The molecule has 1 aliphatic carbocycles. The number of esters is 1. The third-order valence-corrected chi connectivity index (χ3v) is 4.37. The number of thiazole rings is 1. The van der Waals surface area contributed by atoms with Gasteiger partial charge in [0.15, 0.2) is 0 Å². The first-order valence-electron chi connectivity index (χ1n) is 6.18. The van der Waals surface area contributed by atoms with E-state index in [0.717, 1.165) is 37.1 Å². The van der Waals surface area contributed by atoms with E-state index in [1.807, 2.05) is 6.92 Å². The van der Waals surface area contributed by atoms with Gasteiger partial charge in [-0.15, -0.1) is 11.3 Å². The van der Waals surface area contributed by atoms with Crippen LogP contribution < -0.4 is 0 Å². The van der Waals surface area contributed by atoms with E-state index in [0.29, 0.717) is 5.92 Å². The Hall–Kier alpha value is -0.900. The predicted octanol–water partition coefficient (Wildman–Crippen LogP) is 2.97. The number of hydrogen-bond donors (Lipinski definition) is 0. The Morgan fingerprint density at radius 1 is 1.47 bits per heavy atom. The Balaban J connectivity index is 1.81. The molecule has 0 bridgehead atoms. The molecule has 2 rings (SSSR count). The Labute approximate surface area is 106 Å². The van der Waals surface area contributed by atoms with E-state index >= 15 is 0 Å². The van der Waals surface area contributed by atoms with Crippen molar-refractivity contribution in [1.29, 1.82) is 0 Å². The topological polar surface area (TPSA) is 39.2 Å². The van der Waals surface area contributed by atoms with Crippen molar-refractivity contribution >= 4 is 17.3 Å². The predicted molar refractivity (Wildman–Crippen MR) is 68.0 cm³/mol. The molecule has 0 amide bonds. The van der Waals surface area contributed by atoms with Gasteiger partial charge in [0.2, 0.25) is 0 Å². The van der Waals surface area contributed by atoms with Gasteiger partial charge in [0.1, 0.15) is 0 Å². The second-order valence-corrected chi connectivity index (χ2v) is 5.87. The number of aromatic nitrogens is 1. The summed E-state index contributed by atoms with van der Waals surface area (Å²) >= 11 is 1.72. The van der Waals surface area contributed by atoms with Gasteiger partial charge in [-0.05, 0) is 44.9 Å². The van der Waals surface area contributed by atoms with Crippen LogP contribution in [0.5, 0.6) is 0 Å². The SMILES string of the molecule is COC(=O)[C@H]1CC[C@H](Cc2csc(C)n2)CC1. The summed E-state index contributed by atoms with van der Waals surface area (Å²) in [6.07, 6.45) is 5.26. The van der Waals surface area contributed by atoms with E-state index in [9.17, 15) is 4.79 Å². The molecule has 4 heteroatoms. The molecule has 0 radical (unpaired) electrons. The monoisotopic (exact) mass is 253 g/mol. The van der Waals surface area contributed by atoms with Crippen LogP contribution in [0.1, 0.15) is 36.4 Å². The van der Waals surface area contributed by atoms with Gasteiger partial charge in [0.25, 0.3) is 0 Å². The van der Waals surface area contributed by atoms with Gasteiger partial charge in [-0.1, -0.05) is 0 Å². The third-order valence-electron chi connectivity index (χ3n) is 3.55. The summed E-state index contributed by atoms with van der Waals surface area (Å²) in [5.74, 6) is 0.791. The number of rotatable bonds is 3. The number of methoxy groups -OCH3 is 1. The van der Waals surface area contributed by atoms with Crippen LogP contribution in [0.3, 0.4) is 0 Å². The van der Waals surface area contributed by atoms with Crippen LogP contribution in [-0.4, -0.2) is 18.1 Å². The zero-order chi connectivity index (χ0) is 12.3. The van der Waals surface area contributed by atoms with Crippen LogP contribution in [0.25, 0.3) is 0 Å². The first kappa shape index (κ1) is 12.6. The minimum atomic E-state index is -0.0343. The maximum absolute atomic E-state index is 11.4. The molecule has 1 heterocycles. The van der Waals surface area contributed by atoms with Crippen molar-refractivity contribution < 1.29 is 9.53 Å². The quantitative estimate of drug-likeness (QED) is 0.777. The highest BCUT2D eigenvalue weighted by molar-refractivity contribution is 7.09. The standard InChI is InChI=1S/C13H19NO2S/c1-9-14-12(8-17-9)7-10-3-5-11(6-4-10)13(15)16-2/h8,10-11H,3-7H2,1-2H3/t10-,11-. The van der Waals surface area contributed by atoms with E-state index in [-0.39, 0.29) is 11.9 Å². The fourth-order valence-electron chi connectivity index (χ4n) is 2.57. The highest BCUT2D eigenvalue weighted by atomic mass is 32.1. The Morgan fingerprint density at radius 2 is 2.18 bits per heavy atom. The van der Waals surface area contributed by atoms with Crippen molar-refractivity contribution in [1.82, 2.24) is 4.98 Å².